The summed E-state index contributed by atoms with van der Waals surface area (Å²) in [6.45, 7) is 4.28. The van der Waals surface area contributed by atoms with Gasteiger partial charge in [-0.25, -0.2) is 9.37 Å². The lowest BCUT2D eigenvalue weighted by molar-refractivity contribution is 0.102. The molecule has 0 atom stereocenters. The molecule has 0 saturated carbocycles. The maximum Gasteiger partial charge on any atom is 0.274 e. The van der Waals surface area contributed by atoms with Crippen LogP contribution in [0.3, 0.4) is 0 Å². The zero-order valence-corrected chi connectivity index (χ0v) is 14.7. The summed E-state index contributed by atoms with van der Waals surface area (Å²) in [5.74, 6) is -0.295. The highest BCUT2D eigenvalue weighted by molar-refractivity contribution is 6.02. The normalized spacial score (nSPS) is 10.6. The lowest BCUT2D eigenvalue weighted by atomic mass is 10.0. The smallest absolute Gasteiger partial charge is 0.274 e. The highest BCUT2D eigenvalue weighted by atomic mass is 19.1. The highest BCUT2D eigenvalue weighted by Gasteiger charge is 2.09. The van der Waals surface area contributed by atoms with Crippen LogP contribution in [-0.2, 0) is 0 Å². The molecule has 0 aliphatic rings. The predicted octanol–water partition coefficient (Wildman–Crippen LogP) is 5.34. The van der Waals surface area contributed by atoms with Crippen LogP contribution in [0, 0.1) is 5.82 Å². The Bertz CT molecular complexity index is 890. The van der Waals surface area contributed by atoms with Gasteiger partial charge in [0, 0.05) is 11.4 Å². The molecule has 1 heterocycles. The molecule has 0 spiro atoms. The van der Waals surface area contributed by atoms with E-state index in [9.17, 15) is 9.18 Å². The van der Waals surface area contributed by atoms with Gasteiger partial charge in [0.1, 0.15) is 11.5 Å². The van der Waals surface area contributed by atoms with Gasteiger partial charge in [0.25, 0.3) is 5.91 Å². The molecule has 3 aromatic rings. The number of rotatable bonds is 5. The van der Waals surface area contributed by atoms with Crippen LogP contribution in [0.1, 0.15) is 35.8 Å². The van der Waals surface area contributed by atoms with Gasteiger partial charge in [-0.15, -0.1) is 0 Å². The van der Waals surface area contributed by atoms with E-state index in [1.54, 1.807) is 12.3 Å². The van der Waals surface area contributed by atoms with Gasteiger partial charge in [-0.05, 0) is 53.9 Å². The second-order valence-electron chi connectivity index (χ2n) is 6.26. The summed E-state index contributed by atoms with van der Waals surface area (Å²) in [6, 6.07) is 17.2. The second-order valence-corrected chi connectivity index (χ2v) is 6.26. The summed E-state index contributed by atoms with van der Waals surface area (Å²) >= 11 is 0. The first-order chi connectivity index (χ1) is 12.5. The first kappa shape index (κ1) is 17.6. The molecule has 0 aliphatic carbocycles. The maximum absolute atomic E-state index is 12.9. The van der Waals surface area contributed by atoms with E-state index in [1.807, 2.05) is 24.3 Å². The molecule has 1 amide bonds. The number of amides is 1. The summed E-state index contributed by atoms with van der Waals surface area (Å²) in [6.07, 6.45) is 1.62. The molecule has 0 radical (unpaired) electrons. The van der Waals surface area contributed by atoms with Crippen LogP contribution in [0.15, 0.2) is 66.9 Å². The van der Waals surface area contributed by atoms with E-state index >= 15 is 0 Å². The Hall–Kier alpha value is -3.21. The monoisotopic (exact) mass is 349 g/mol. The van der Waals surface area contributed by atoms with E-state index in [0.29, 0.717) is 11.6 Å². The quantitative estimate of drug-likeness (QED) is 0.654. The summed E-state index contributed by atoms with van der Waals surface area (Å²) in [7, 11) is 0. The summed E-state index contributed by atoms with van der Waals surface area (Å²) in [5, 5.41) is 6.03. The second kappa shape index (κ2) is 7.78. The van der Waals surface area contributed by atoms with Crippen LogP contribution in [0.2, 0.25) is 0 Å². The first-order valence-electron chi connectivity index (χ1n) is 8.42. The number of aromatic nitrogens is 1. The van der Waals surface area contributed by atoms with Gasteiger partial charge in [-0.2, -0.15) is 0 Å². The number of para-hydroxylation sites is 1. The summed E-state index contributed by atoms with van der Waals surface area (Å²) in [5.41, 5.74) is 3.85. The molecule has 2 N–H and O–H groups in total. The number of nitrogens with one attached hydrogen (secondary N) is 2. The van der Waals surface area contributed by atoms with Crippen molar-refractivity contribution in [1.29, 1.82) is 0 Å². The van der Waals surface area contributed by atoms with E-state index in [-0.39, 0.29) is 17.4 Å². The Morgan fingerprint density at radius 2 is 1.65 bits per heavy atom. The molecule has 26 heavy (non-hydrogen) atoms. The number of pyridine rings is 1. The van der Waals surface area contributed by atoms with Gasteiger partial charge in [0.2, 0.25) is 0 Å². The third kappa shape index (κ3) is 4.25. The molecule has 5 heteroatoms. The van der Waals surface area contributed by atoms with E-state index < -0.39 is 0 Å². The Labute approximate surface area is 152 Å². The molecule has 132 valence electrons. The Kier molecular flexibility index (Phi) is 5.27. The Balaban J connectivity index is 1.70. The van der Waals surface area contributed by atoms with Crippen LogP contribution < -0.4 is 10.6 Å². The molecular weight excluding hydrogens is 329 g/mol. The minimum Gasteiger partial charge on any atom is -0.354 e. The average molecular weight is 349 g/mol. The highest BCUT2D eigenvalue weighted by Crippen LogP contribution is 2.26. The molecule has 0 fully saturated rings. The van der Waals surface area contributed by atoms with Crippen LogP contribution in [0.25, 0.3) is 0 Å². The number of carbonyl (C=O) groups excluding carboxylic acids is 1. The lowest BCUT2D eigenvalue weighted by Gasteiger charge is -2.14. The minimum atomic E-state index is -0.349. The summed E-state index contributed by atoms with van der Waals surface area (Å²) < 4.78 is 12.9. The SMILES string of the molecule is CC(C)c1ccccc1Nc1ccc(C(=O)Nc2ccc(F)cc2)nc1. The van der Waals surface area contributed by atoms with E-state index in [2.05, 4.69) is 35.5 Å². The zero-order chi connectivity index (χ0) is 18.5. The molecule has 3 rings (SSSR count). The van der Waals surface area contributed by atoms with Crippen molar-refractivity contribution in [1.82, 2.24) is 4.98 Å². The van der Waals surface area contributed by atoms with Gasteiger partial charge >= 0.3 is 0 Å². The molecule has 2 aromatic carbocycles. The third-order valence-corrected chi connectivity index (χ3v) is 3.96. The van der Waals surface area contributed by atoms with Crippen LogP contribution in [-0.4, -0.2) is 10.9 Å². The van der Waals surface area contributed by atoms with Crippen molar-refractivity contribution < 1.29 is 9.18 Å². The van der Waals surface area contributed by atoms with Crippen molar-refractivity contribution >= 4 is 23.0 Å². The molecular formula is C21H20FN3O. The van der Waals surface area contributed by atoms with Gasteiger partial charge in [0.05, 0.1) is 11.9 Å². The van der Waals surface area contributed by atoms with Crippen molar-refractivity contribution in [3.63, 3.8) is 0 Å². The Morgan fingerprint density at radius 3 is 2.31 bits per heavy atom. The summed E-state index contributed by atoms with van der Waals surface area (Å²) in [4.78, 5) is 16.4. The van der Waals surface area contributed by atoms with E-state index in [1.165, 1.54) is 29.8 Å². The van der Waals surface area contributed by atoms with Gasteiger partial charge < -0.3 is 10.6 Å². The fourth-order valence-electron chi connectivity index (χ4n) is 2.60. The number of anilines is 3. The average Bonchev–Trinajstić information content (AvgIpc) is 2.64. The van der Waals surface area contributed by atoms with E-state index in [0.717, 1.165) is 11.4 Å². The lowest BCUT2D eigenvalue weighted by Crippen LogP contribution is -2.13. The number of nitrogens with zero attached hydrogens (tertiary/aromatic N) is 1. The fraction of sp³-hybridized carbons (Fsp3) is 0.143. The topological polar surface area (TPSA) is 54.0 Å². The fourth-order valence-corrected chi connectivity index (χ4v) is 2.60. The van der Waals surface area contributed by atoms with Crippen molar-refractivity contribution in [2.24, 2.45) is 0 Å². The number of hydrogen-bond acceptors (Lipinski definition) is 3. The molecule has 0 aliphatic heterocycles. The van der Waals surface area contributed by atoms with Gasteiger partial charge in [-0.1, -0.05) is 32.0 Å². The number of carbonyl (C=O) groups is 1. The maximum atomic E-state index is 12.9. The number of benzene rings is 2. The van der Waals surface area contributed by atoms with Crippen LogP contribution in [0.5, 0.6) is 0 Å². The van der Waals surface area contributed by atoms with Crippen molar-refractivity contribution in [2.75, 3.05) is 10.6 Å². The molecule has 0 bridgehead atoms. The first-order valence-corrected chi connectivity index (χ1v) is 8.42. The van der Waals surface area contributed by atoms with Crippen molar-refractivity contribution in [3.8, 4) is 0 Å². The number of halogens is 1. The minimum absolute atomic E-state index is 0.289. The molecule has 0 unspecified atom stereocenters. The van der Waals surface area contributed by atoms with E-state index in [4.69, 9.17) is 0 Å². The number of hydrogen-bond donors (Lipinski definition) is 2. The van der Waals surface area contributed by atoms with Crippen LogP contribution in [0.4, 0.5) is 21.5 Å². The van der Waals surface area contributed by atoms with Gasteiger partial charge in [0.15, 0.2) is 0 Å². The van der Waals surface area contributed by atoms with Crippen LogP contribution >= 0.6 is 0 Å². The molecule has 0 saturated heterocycles. The van der Waals surface area contributed by atoms with Crippen molar-refractivity contribution in [2.45, 2.75) is 19.8 Å². The Morgan fingerprint density at radius 1 is 0.962 bits per heavy atom. The predicted molar refractivity (Wildman–Crippen MR) is 102 cm³/mol. The standard InChI is InChI=1S/C21H20FN3O/c1-14(2)18-5-3-4-6-19(18)24-17-11-12-20(23-13-17)21(26)25-16-9-7-15(22)8-10-16/h3-14,24H,1-2H3,(H,25,26). The molecule has 1 aromatic heterocycles. The largest absolute Gasteiger partial charge is 0.354 e. The van der Waals surface area contributed by atoms with Crippen molar-refractivity contribution in [3.05, 3.63) is 83.9 Å². The third-order valence-electron chi connectivity index (χ3n) is 3.96. The molecule has 4 nitrogen and oxygen atoms in total. The van der Waals surface area contributed by atoms with Gasteiger partial charge in [-0.3, -0.25) is 4.79 Å². The zero-order valence-electron chi connectivity index (χ0n) is 14.7.